The number of hydrogen-bond donors (Lipinski definition) is 1. The van der Waals surface area contributed by atoms with Crippen LogP contribution in [-0.2, 0) is 25.3 Å². The average molecular weight is 710 g/mol. The van der Waals surface area contributed by atoms with Gasteiger partial charge < -0.3 is 19.2 Å². The number of benzene rings is 3. The molecular formula is C40H46N4O6Si. The maximum absolute atomic E-state index is 14.4. The zero-order valence-electron chi connectivity index (χ0n) is 32.8. The summed E-state index contributed by atoms with van der Waals surface area (Å²) >= 11 is 0. The average Bonchev–Trinajstić information content (AvgIpc) is 3.53. The zero-order valence-corrected chi connectivity index (χ0v) is 30.8. The summed E-state index contributed by atoms with van der Waals surface area (Å²) in [6.45, 7) is 7.60. The summed E-state index contributed by atoms with van der Waals surface area (Å²) in [5, 5.41) is 3.98. The highest BCUT2D eigenvalue weighted by Gasteiger charge is 2.51. The van der Waals surface area contributed by atoms with E-state index in [0.717, 1.165) is 10.4 Å². The molecule has 0 aliphatic rings. The third kappa shape index (κ3) is 8.55. The van der Waals surface area contributed by atoms with E-state index in [4.69, 9.17) is 18.0 Å². The number of fused-ring (bicyclic) bond motifs is 1. The fourth-order valence-corrected chi connectivity index (χ4v) is 10.5. The van der Waals surface area contributed by atoms with Gasteiger partial charge in [0.15, 0.2) is 0 Å². The summed E-state index contributed by atoms with van der Waals surface area (Å²) in [5.41, 5.74) is 0.713. The van der Waals surface area contributed by atoms with Gasteiger partial charge in [-0.15, -0.1) is 0 Å². The molecule has 0 aliphatic carbocycles. The largest absolute Gasteiger partial charge is 0.445 e. The van der Waals surface area contributed by atoms with Crippen molar-refractivity contribution < 1.29 is 32.4 Å². The van der Waals surface area contributed by atoms with E-state index >= 15 is 0 Å². The van der Waals surface area contributed by atoms with Crippen molar-refractivity contribution >= 4 is 53.6 Å². The van der Waals surface area contributed by atoms with Crippen LogP contribution in [0.4, 0.5) is 15.4 Å². The number of nitrogens with zero attached hydrogens (tertiary/aromatic N) is 3. The smallest absolute Gasteiger partial charge is 0.419 e. The number of pyridine rings is 1. The fraction of sp³-hybridized carbons (Fsp3) is 0.300. The topological polar surface area (TPSA) is 112 Å². The lowest BCUT2D eigenvalue weighted by Gasteiger charge is -2.44. The molecule has 0 saturated carbocycles. The van der Waals surface area contributed by atoms with Gasteiger partial charge in [-0.3, -0.25) is 14.3 Å². The molecule has 10 nitrogen and oxygen atoms in total. The normalized spacial score (nSPS) is 13.7. The lowest BCUT2D eigenvalue weighted by atomic mass is 10.2. The van der Waals surface area contributed by atoms with Crippen molar-refractivity contribution in [1.82, 2.24) is 14.5 Å². The Kier molecular flexibility index (Phi) is 9.89. The Labute approximate surface area is 304 Å². The SMILES string of the molecule is [2H]C([2H])([2H])N(C(=O)OCc1ccccc1)[C@H](CO[Si](c1ccccc1)(c1ccccc1)C(C)(C)C)C(=O)Nc1ccc2c(ccn2C(=O)OC(C)(C)C)n1. The van der Waals surface area contributed by atoms with Gasteiger partial charge in [0.25, 0.3) is 14.2 Å². The van der Waals surface area contributed by atoms with E-state index in [0.29, 0.717) is 21.5 Å². The third-order valence-corrected chi connectivity index (χ3v) is 13.3. The van der Waals surface area contributed by atoms with Gasteiger partial charge in [0.2, 0.25) is 0 Å². The molecular weight excluding hydrogens is 661 g/mol. The van der Waals surface area contributed by atoms with Crippen LogP contribution >= 0.6 is 0 Å². The van der Waals surface area contributed by atoms with Gasteiger partial charge >= 0.3 is 12.2 Å². The molecule has 1 atom stereocenters. The molecule has 5 rings (SSSR count). The molecule has 11 heteroatoms. The molecule has 2 heterocycles. The first kappa shape index (κ1) is 32.9. The Balaban J connectivity index is 1.55. The molecule has 0 fully saturated rings. The molecule has 1 N–H and O–H groups in total. The molecule has 0 aliphatic heterocycles. The zero-order chi connectivity index (χ0) is 39.3. The molecule has 266 valence electrons. The van der Waals surface area contributed by atoms with Crippen molar-refractivity contribution in [1.29, 1.82) is 0 Å². The van der Waals surface area contributed by atoms with E-state index in [-0.39, 0.29) is 12.4 Å². The fourth-order valence-electron chi connectivity index (χ4n) is 5.92. The third-order valence-electron chi connectivity index (χ3n) is 8.28. The Morgan fingerprint density at radius 3 is 1.98 bits per heavy atom. The van der Waals surface area contributed by atoms with Crippen LogP contribution in [0.15, 0.2) is 115 Å². The van der Waals surface area contributed by atoms with Gasteiger partial charge in [-0.05, 0) is 59.9 Å². The van der Waals surface area contributed by atoms with E-state index in [1.54, 1.807) is 63.2 Å². The highest BCUT2D eigenvalue weighted by molar-refractivity contribution is 6.99. The first-order valence-corrected chi connectivity index (χ1v) is 18.6. The van der Waals surface area contributed by atoms with Crippen LogP contribution in [0.2, 0.25) is 5.04 Å². The minimum absolute atomic E-state index is 0.0630. The van der Waals surface area contributed by atoms with E-state index in [2.05, 4.69) is 10.3 Å². The maximum atomic E-state index is 14.4. The highest BCUT2D eigenvalue weighted by Crippen LogP contribution is 2.37. The van der Waals surface area contributed by atoms with Crippen LogP contribution < -0.4 is 15.7 Å². The molecule has 2 aromatic heterocycles. The second-order valence-corrected chi connectivity index (χ2v) is 18.5. The van der Waals surface area contributed by atoms with E-state index in [1.165, 1.54) is 16.8 Å². The molecule has 3 aromatic carbocycles. The number of amides is 2. The van der Waals surface area contributed by atoms with Crippen molar-refractivity contribution in [2.75, 3.05) is 18.9 Å². The Bertz CT molecular complexity index is 2020. The number of nitrogens with one attached hydrogen (secondary N) is 1. The van der Waals surface area contributed by atoms with Crippen LogP contribution in [0.1, 0.15) is 51.2 Å². The van der Waals surface area contributed by atoms with Crippen molar-refractivity contribution in [2.45, 2.75) is 64.8 Å². The first-order valence-electron chi connectivity index (χ1n) is 18.2. The van der Waals surface area contributed by atoms with E-state index in [1.807, 2.05) is 81.4 Å². The molecule has 0 bridgehead atoms. The van der Waals surface area contributed by atoms with Crippen molar-refractivity contribution in [2.24, 2.45) is 0 Å². The van der Waals surface area contributed by atoms with Crippen LogP contribution in [0.25, 0.3) is 11.0 Å². The molecule has 0 radical (unpaired) electrons. The number of ether oxygens (including phenoxy) is 2. The van der Waals surface area contributed by atoms with Gasteiger partial charge in [-0.25, -0.2) is 14.6 Å². The summed E-state index contributed by atoms with van der Waals surface area (Å²) < 4.78 is 44.8. The van der Waals surface area contributed by atoms with Crippen molar-refractivity contribution in [3.8, 4) is 0 Å². The quantitative estimate of drug-likeness (QED) is 0.156. The second-order valence-electron chi connectivity index (χ2n) is 14.2. The lowest BCUT2D eigenvalue weighted by molar-refractivity contribution is -0.121. The Hall–Kier alpha value is -5.26. The number of aromatic nitrogens is 2. The summed E-state index contributed by atoms with van der Waals surface area (Å²) in [6, 6.07) is 31.1. The van der Waals surface area contributed by atoms with Crippen LogP contribution in [0, 0.1) is 0 Å². The van der Waals surface area contributed by atoms with E-state index < -0.39 is 56.7 Å². The molecule has 0 unspecified atom stereocenters. The minimum Gasteiger partial charge on any atom is -0.445 e. The van der Waals surface area contributed by atoms with Crippen LogP contribution in [0.3, 0.4) is 0 Å². The molecule has 0 saturated heterocycles. The molecule has 51 heavy (non-hydrogen) atoms. The predicted octanol–water partition coefficient (Wildman–Crippen LogP) is 6.97. The number of rotatable bonds is 10. The van der Waals surface area contributed by atoms with Crippen LogP contribution in [0.5, 0.6) is 0 Å². The number of hydrogen-bond acceptors (Lipinski definition) is 7. The van der Waals surface area contributed by atoms with Gasteiger partial charge in [-0.1, -0.05) is 112 Å². The number of likely N-dealkylation sites (N-methyl/N-ethyl adjacent to an activating group) is 1. The van der Waals surface area contributed by atoms with Gasteiger partial charge in [0, 0.05) is 17.3 Å². The molecule has 2 amide bonds. The summed E-state index contributed by atoms with van der Waals surface area (Å²) in [5.74, 6) is -0.799. The number of anilines is 1. The predicted molar refractivity (Wildman–Crippen MR) is 202 cm³/mol. The van der Waals surface area contributed by atoms with Crippen molar-refractivity contribution in [3.63, 3.8) is 0 Å². The van der Waals surface area contributed by atoms with Gasteiger partial charge in [0.05, 0.1) is 17.6 Å². The van der Waals surface area contributed by atoms with Gasteiger partial charge in [0.1, 0.15) is 24.1 Å². The summed E-state index contributed by atoms with van der Waals surface area (Å²) in [4.78, 5) is 46.0. The first-order chi connectivity index (χ1) is 25.4. The Morgan fingerprint density at radius 1 is 0.843 bits per heavy atom. The summed E-state index contributed by atoms with van der Waals surface area (Å²) in [6.07, 6.45) is -0.307. The molecule has 5 aromatic rings. The monoisotopic (exact) mass is 709 g/mol. The lowest BCUT2D eigenvalue weighted by Crippen LogP contribution is -2.67. The minimum atomic E-state index is -3.33. The Morgan fingerprint density at radius 2 is 1.43 bits per heavy atom. The maximum Gasteiger partial charge on any atom is 0.419 e. The standard InChI is InChI=1S/C40H46N4O6Si/c1-39(2,3)50-38(47)44-26-25-32-33(44)23-24-35(41-32)42-36(45)34(43(7)37(46)48-27-29-17-11-8-12-18-29)28-49-51(40(4,5)6,30-19-13-9-14-20-30)31-21-15-10-16-22-31/h8-26,34H,27-28H2,1-7H3,(H,41,42,45)/t34-/m1/s1/i7D3. The van der Waals surface area contributed by atoms with E-state index in [9.17, 15) is 14.4 Å². The molecule has 0 spiro atoms. The highest BCUT2D eigenvalue weighted by atomic mass is 28.4. The second kappa shape index (κ2) is 15.3. The van der Waals surface area contributed by atoms with Crippen molar-refractivity contribution in [3.05, 3.63) is 121 Å². The van der Waals surface area contributed by atoms with Gasteiger partial charge in [-0.2, -0.15) is 0 Å². The number of carbonyl (C=O) groups is 3. The number of carbonyl (C=O) groups excluding carboxylic acids is 3. The van der Waals surface area contributed by atoms with Crippen LogP contribution in [-0.4, -0.2) is 66.1 Å². The summed E-state index contributed by atoms with van der Waals surface area (Å²) in [7, 11) is -3.33.